The number of carbonyl (C=O) groups is 1. The topological polar surface area (TPSA) is 92.5 Å². The number of hydrogen-bond donors (Lipinski definition) is 2. The van der Waals surface area contributed by atoms with Gasteiger partial charge in [-0.3, -0.25) is 10.1 Å². The molecule has 0 bridgehead atoms. The van der Waals surface area contributed by atoms with Gasteiger partial charge in [-0.15, -0.1) is 0 Å². The van der Waals surface area contributed by atoms with E-state index in [2.05, 4.69) is 5.32 Å². The molecule has 0 radical (unpaired) electrons. The van der Waals surface area contributed by atoms with Crippen LogP contribution in [-0.2, 0) is 4.79 Å². The number of hydrogen-bond acceptors (Lipinski definition) is 4. The van der Waals surface area contributed by atoms with Crippen LogP contribution in [0, 0.1) is 16.0 Å². The summed E-state index contributed by atoms with van der Waals surface area (Å²) in [4.78, 5) is 20.9. The van der Waals surface area contributed by atoms with E-state index >= 15 is 0 Å². The standard InChI is InChI=1S/C11H14N2O4/c1-7(2)10(11(14)15)12-8-3-5-9(6-4-8)13(16)17/h3-7,10,12H,1-2H3,(H,14,15)/t10-/m1/s1. The average Bonchev–Trinajstić information content (AvgIpc) is 2.25. The molecule has 6 heteroatoms. The van der Waals surface area contributed by atoms with E-state index in [0.29, 0.717) is 5.69 Å². The predicted molar refractivity (Wildman–Crippen MR) is 63.0 cm³/mol. The first-order chi connectivity index (χ1) is 7.91. The quantitative estimate of drug-likeness (QED) is 0.605. The van der Waals surface area contributed by atoms with E-state index in [-0.39, 0.29) is 11.6 Å². The Hall–Kier alpha value is -2.11. The molecule has 0 saturated heterocycles. The Morgan fingerprint density at radius 3 is 2.24 bits per heavy atom. The van der Waals surface area contributed by atoms with Crippen molar-refractivity contribution in [2.75, 3.05) is 5.32 Å². The van der Waals surface area contributed by atoms with Gasteiger partial charge in [-0.2, -0.15) is 0 Å². The summed E-state index contributed by atoms with van der Waals surface area (Å²) < 4.78 is 0. The summed E-state index contributed by atoms with van der Waals surface area (Å²) in [5, 5.41) is 22.2. The van der Waals surface area contributed by atoms with Gasteiger partial charge in [0, 0.05) is 17.8 Å². The second kappa shape index (κ2) is 5.29. The van der Waals surface area contributed by atoms with E-state index in [4.69, 9.17) is 5.11 Å². The van der Waals surface area contributed by atoms with Gasteiger partial charge in [-0.05, 0) is 18.1 Å². The van der Waals surface area contributed by atoms with Crippen molar-refractivity contribution in [3.05, 3.63) is 34.4 Å². The normalized spacial score (nSPS) is 12.2. The van der Waals surface area contributed by atoms with Gasteiger partial charge >= 0.3 is 5.97 Å². The molecular weight excluding hydrogens is 224 g/mol. The number of nitro groups is 1. The highest BCUT2D eigenvalue weighted by Gasteiger charge is 2.21. The molecule has 2 N–H and O–H groups in total. The molecule has 0 heterocycles. The molecule has 0 saturated carbocycles. The Balaban J connectivity index is 2.80. The van der Waals surface area contributed by atoms with Crippen molar-refractivity contribution in [2.45, 2.75) is 19.9 Å². The zero-order valence-electron chi connectivity index (χ0n) is 9.58. The number of carboxylic acid groups (broad SMARTS) is 1. The number of aliphatic carboxylic acids is 1. The fourth-order valence-corrected chi connectivity index (χ4v) is 1.37. The number of rotatable bonds is 5. The Morgan fingerprint density at radius 2 is 1.88 bits per heavy atom. The molecule has 1 aromatic rings. The van der Waals surface area contributed by atoms with Crippen LogP contribution in [0.25, 0.3) is 0 Å². The van der Waals surface area contributed by atoms with Crippen LogP contribution in [0.4, 0.5) is 11.4 Å². The van der Waals surface area contributed by atoms with E-state index in [1.165, 1.54) is 24.3 Å². The highest BCUT2D eigenvalue weighted by Crippen LogP contribution is 2.17. The Bertz CT molecular complexity index is 414. The number of nitrogens with zero attached hydrogens (tertiary/aromatic N) is 1. The molecule has 0 amide bonds. The molecule has 1 aromatic carbocycles. The zero-order valence-corrected chi connectivity index (χ0v) is 9.58. The van der Waals surface area contributed by atoms with Crippen molar-refractivity contribution in [3.8, 4) is 0 Å². The van der Waals surface area contributed by atoms with Gasteiger partial charge < -0.3 is 10.4 Å². The van der Waals surface area contributed by atoms with Crippen LogP contribution >= 0.6 is 0 Å². The number of anilines is 1. The second-order valence-electron chi connectivity index (χ2n) is 4.01. The molecule has 0 aliphatic rings. The van der Waals surface area contributed by atoms with Crippen molar-refractivity contribution in [1.82, 2.24) is 0 Å². The third kappa shape index (κ3) is 3.44. The molecule has 6 nitrogen and oxygen atoms in total. The van der Waals surface area contributed by atoms with E-state index in [1.54, 1.807) is 13.8 Å². The van der Waals surface area contributed by atoms with Crippen LogP contribution in [0.3, 0.4) is 0 Å². The average molecular weight is 238 g/mol. The molecule has 0 unspecified atom stereocenters. The van der Waals surface area contributed by atoms with Crippen LogP contribution < -0.4 is 5.32 Å². The van der Waals surface area contributed by atoms with E-state index in [1.807, 2.05) is 0 Å². The first-order valence-corrected chi connectivity index (χ1v) is 5.15. The fourth-order valence-electron chi connectivity index (χ4n) is 1.37. The Labute approximate surface area is 98.4 Å². The Morgan fingerprint density at radius 1 is 1.35 bits per heavy atom. The summed E-state index contributed by atoms with van der Waals surface area (Å²) in [5.41, 5.74) is 0.531. The highest BCUT2D eigenvalue weighted by molar-refractivity contribution is 5.77. The van der Waals surface area contributed by atoms with Crippen molar-refractivity contribution >= 4 is 17.3 Å². The summed E-state index contributed by atoms with van der Waals surface area (Å²) in [7, 11) is 0. The lowest BCUT2D eigenvalue weighted by atomic mass is 10.0. The summed E-state index contributed by atoms with van der Waals surface area (Å²) in [6, 6.07) is 4.95. The van der Waals surface area contributed by atoms with Gasteiger partial charge in [0.2, 0.25) is 0 Å². The number of non-ortho nitro benzene ring substituents is 1. The monoisotopic (exact) mass is 238 g/mol. The molecular formula is C11H14N2O4. The first kappa shape index (κ1) is 13.0. The molecule has 1 rings (SSSR count). The van der Waals surface area contributed by atoms with Crippen LogP contribution in [-0.4, -0.2) is 22.0 Å². The molecule has 1 atom stereocenters. The third-order valence-electron chi connectivity index (χ3n) is 2.33. The molecule has 0 aliphatic carbocycles. The second-order valence-corrected chi connectivity index (χ2v) is 4.01. The minimum Gasteiger partial charge on any atom is -0.480 e. The maximum absolute atomic E-state index is 10.9. The van der Waals surface area contributed by atoms with Gasteiger partial charge in [0.05, 0.1) is 4.92 Å². The van der Waals surface area contributed by atoms with Crippen molar-refractivity contribution < 1.29 is 14.8 Å². The lowest BCUT2D eigenvalue weighted by Gasteiger charge is -2.18. The predicted octanol–water partition coefficient (Wildman–Crippen LogP) is 2.12. The minimum absolute atomic E-state index is 0.0213. The number of carboxylic acids is 1. The van der Waals surface area contributed by atoms with Gasteiger partial charge in [-0.1, -0.05) is 13.8 Å². The smallest absolute Gasteiger partial charge is 0.326 e. The molecule has 17 heavy (non-hydrogen) atoms. The van der Waals surface area contributed by atoms with E-state index in [9.17, 15) is 14.9 Å². The molecule has 0 spiro atoms. The lowest BCUT2D eigenvalue weighted by Crippen LogP contribution is -2.34. The molecule has 92 valence electrons. The van der Waals surface area contributed by atoms with Crippen LogP contribution in [0.2, 0.25) is 0 Å². The molecule has 0 aromatic heterocycles. The number of benzene rings is 1. The largest absolute Gasteiger partial charge is 0.480 e. The Kier molecular flexibility index (Phi) is 4.03. The van der Waals surface area contributed by atoms with Crippen molar-refractivity contribution in [1.29, 1.82) is 0 Å². The minimum atomic E-state index is -0.946. The maximum atomic E-state index is 10.9. The van der Waals surface area contributed by atoms with Crippen molar-refractivity contribution in [2.24, 2.45) is 5.92 Å². The molecule has 0 fully saturated rings. The maximum Gasteiger partial charge on any atom is 0.326 e. The van der Waals surface area contributed by atoms with Gasteiger partial charge in [0.25, 0.3) is 5.69 Å². The highest BCUT2D eigenvalue weighted by atomic mass is 16.6. The summed E-state index contributed by atoms with van der Waals surface area (Å²) in [6.45, 7) is 3.58. The lowest BCUT2D eigenvalue weighted by molar-refractivity contribution is -0.384. The summed E-state index contributed by atoms with van der Waals surface area (Å²) in [5.74, 6) is -1.03. The SMILES string of the molecule is CC(C)[C@@H](Nc1ccc([N+](=O)[O-])cc1)C(=O)O. The van der Waals surface area contributed by atoms with E-state index in [0.717, 1.165) is 0 Å². The van der Waals surface area contributed by atoms with Gasteiger partial charge in [0.1, 0.15) is 6.04 Å². The van der Waals surface area contributed by atoms with Crippen LogP contribution in [0.1, 0.15) is 13.8 Å². The van der Waals surface area contributed by atoms with Crippen LogP contribution in [0.5, 0.6) is 0 Å². The van der Waals surface area contributed by atoms with E-state index < -0.39 is 16.9 Å². The van der Waals surface area contributed by atoms with Crippen molar-refractivity contribution in [3.63, 3.8) is 0 Å². The third-order valence-corrected chi connectivity index (χ3v) is 2.33. The van der Waals surface area contributed by atoms with Crippen LogP contribution in [0.15, 0.2) is 24.3 Å². The number of nitro benzene ring substituents is 1. The number of nitrogens with one attached hydrogen (secondary N) is 1. The van der Waals surface area contributed by atoms with Gasteiger partial charge in [0.15, 0.2) is 0 Å². The first-order valence-electron chi connectivity index (χ1n) is 5.15. The summed E-state index contributed by atoms with van der Waals surface area (Å²) >= 11 is 0. The zero-order chi connectivity index (χ0) is 13.0. The summed E-state index contributed by atoms with van der Waals surface area (Å²) in [6.07, 6.45) is 0. The molecule has 0 aliphatic heterocycles. The fraction of sp³-hybridized carbons (Fsp3) is 0.364. The van der Waals surface area contributed by atoms with Gasteiger partial charge in [-0.25, -0.2) is 4.79 Å².